The van der Waals surface area contributed by atoms with Crippen molar-refractivity contribution in [1.82, 2.24) is 0 Å². The summed E-state index contributed by atoms with van der Waals surface area (Å²) >= 11 is 0. The van der Waals surface area contributed by atoms with Crippen LogP contribution < -0.4 is 10.4 Å². The largest absolute Gasteiger partial charge is 0.418 e. The summed E-state index contributed by atoms with van der Waals surface area (Å²) in [5, 5.41) is 12.9. The predicted molar refractivity (Wildman–Crippen MR) is 72.4 cm³/mol. The summed E-state index contributed by atoms with van der Waals surface area (Å²) in [4.78, 5) is 0. The van der Waals surface area contributed by atoms with E-state index in [2.05, 4.69) is 9.60 Å². The van der Waals surface area contributed by atoms with E-state index in [1.54, 1.807) is 32.0 Å². The average molecular weight is 290 g/mol. The second-order valence-corrected chi connectivity index (χ2v) is 4.80. The number of hydrogen-bond acceptors (Lipinski definition) is 6. The van der Waals surface area contributed by atoms with Gasteiger partial charge in [-0.15, -0.1) is 4.28 Å². The number of aliphatic hydroxyl groups is 1. The molecule has 0 aromatic heterocycles. The molecular weight excluding hydrogens is 272 g/mol. The normalized spacial score (nSPS) is 11.4. The van der Waals surface area contributed by atoms with Crippen LogP contribution in [0.4, 0.5) is 11.4 Å². The van der Waals surface area contributed by atoms with E-state index in [1.807, 2.05) is 0 Å². The Labute approximate surface area is 112 Å². The highest BCUT2D eigenvalue weighted by molar-refractivity contribution is 7.80. The van der Waals surface area contributed by atoms with Gasteiger partial charge < -0.3 is 10.4 Å². The minimum absolute atomic E-state index is 0.0112. The molecule has 1 aromatic carbocycles. The molecule has 0 aliphatic heterocycles. The Morgan fingerprint density at radius 1 is 1.42 bits per heavy atom. The second kappa shape index (κ2) is 6.71. The van der Waals surface area contributed by atoms with Gasteiger partial charge in [0.05, 0.1) is 12.3 Å². The zero-order chi connectivity index (χ0) is 14.5. The Hall–Kier alpha value is -1.35. The van der Waals surface area contributed by atoms with Gasteiger partial charge in [-0.05, 0) is 31.5 Å². The molecule has 7 nitrogen and oxygen atoms in total. The van der Waals surface area contributed by atoms with Crippen molar-refractivity contribution in [2.24, 2.45) is 0 Å². The molecular formula is C11H18N2O5S. The molecule has 108 valence electrons. The van der Waals surface area contributed by atoms with E-state index >= 15 is 0 Å². The van der Waals surface area contributed by atoms with Gasteiger partial charge in [-0.3, -0.25) is 4.55 Å². The van der Waals surface area contributed by atoms with E-state index < -0.39 is 10.4 Å². The quantitative estimate of drug-likeness (QED) is 0.508. The lowest BCUT2D eigenvalue weighted by Gasteiger charge is -2.23. The molecule has 0 saturated heterocycles. The first-order chi connectivity index (χ1) is 8.89. The highest BCUT2D eigenvalue weighted by Gasteiger charge is 2.16. The molecule has 3 N–H and O–H groups in total. The molecule has 1 aromatic rings. The van der Waals surface area contributed by atoms with E-state index in [4.69, 9.17) is 9.66 Å². The number of rotatable bonds is 7. The average Bonchev–Trinajstić information content (AvgIpc) is 2.34. The van der Waals surface area contributed by atoms with E-state index in [1.165, 1.54) is 0 Å². The molecule has 19 heavy (non-hydrogen) atoms. The van der Waals surface area contributed by atoms with E-state index in [-0.39, 0.29) is 13.2 Å². The summed E-state index contributed by atoms with van der Waals surface area (Å²) in [7, 11) is -4.56. The lowest BCUT2D eigenvalue weighted by atomic mass is 10.1. The number of hydroxylamine groups is 1. The first-order valence-corrected chi connectivity index (χ1v) is 7.14. The third-order valence-corrected chi connectivity index (χ3v) is 2.84. The Balaban J connectivity index is 3.04. The van der Waals surface area contributed by atoms with Crippen molar-refractivity contribution in [3.8, 4) is 0 Å². The van der Waals surface area contributed by atoms with Gasteiger partial charge >= 0.3 is 10.4 Å². The number of anilines is 2. The van der Waals surface area contributed by atoms with Crippen LogP contribution in [0.5, 0.6) is 0 Å². The Morgan fingerprint density at radius 2 is 2.11 bits per heavy atom. The van der Waals surface area contributed by atoms with Crippen LogP contribution in [0.2, 0.25) is 0 Å². The topological polar surface area (TPSA) is 99.1 Å². The number of benzene rings is 1. The van der Waals surface area contributed by atoms with Crippen molar-refractivity contribution in [2.45, 2.75) is 13.8 Å². The van der Waals surface area contributed by atoms with Gasteiger partial charge in [0, 0.05) is 18.8 Å². The van der Waals surface area contributed by atoms with Gasteiger partial charge in [-0.2, -0.15) is 8.42 Å². The Morgan fingerprint density at radius 3 is 2.63 bits per heavy atom. The van der Waals surface area contributed by atoms with Crippen LogP contribution in [-0.2, 0) is 14.7 Å². The van der Waals surface area contributed by atoms with Gasteiger partial charge in [-0.1, -0.05) is 6.07 Å². The fourth-order valence-electron chi connectivity index (χ4n) is 1.65. The molecule has 0 atom stereocenters. The molecule has 1 rings (SSSR count). The SMILES string of the molecule is CCN(OS(=O)(=O)O)c1cccc(NCCO)c1C. The zero-order valence-corrected chi connectivity index (χ0v) is 11.6. The summed E-state index contributed by atoms with van der Waals surface area (Å²) in [6.07, 6.45) is 0. The highest BCUT2D eigenvalue weighted by atomic mass is 32.3. The smallest absolute Gasteiger partial charge is 0.395 e. The van der Waals surface area contributed by atoms with Gasteiger partial charge in [0.1, 0.15) is 0 Å². The first-order valence-electron chi connectivity index (χ1n) is 5.78. The summed E-state index contributed by atoms with van der Waals surface area (Å²) in [6.45, 7) is 4.09. The van der Waals surface area contributed by atoms with Crippen molar-refractivity contribution in [1.29, 1.82) is 0 Å². The third-order valence-electron chi connectivity index (χ3n) is 2.47. The van der Waals surface area contributed by atoms with Crippen LogP contribution >= 0.6 is 0 Å². The molecule has 0 amide bonds. The second-order valence-electron chi connectivity index (χ2n) is 3.80. The zero-order valence-electron chi connectivity index (χ0n) is 10.8. The molecule has 0 heterocycles. The fourth-order valence-corrected chi connectivity index (χ4v) is 2.07. The Kier molecular flexibility index (Phi) is 5.55. The van der Waals surface area contributed by atoms with Crippen LogP contribution in [0.15, 0.2) is 18.2 Å². The lowest BCUT2D eigenvalue weighted by Crippen LogP contribution is -2.27. The van der Waals surface area contributed by atoms with Gasteiger partial charge in [0.15, 0.2) is 0 Å². The van der Waals surface area contributed by atoms with Crippen LogP contribution in [0.25, 0.3) is 0 Å². The van der Waals surface area contributed by atoms with Gasteiger partial charge in [0.25, 0.3) is 0 Å². The molecule has 0 fully saturated rings. The molecule has 0 spiro atoms. The minimum atomic E-state index is -4.56. The maximum atomic E-state index is 10.8. The summed E-state index contributed by atoms with van der Waals surface area (Å²) < 4.78 is 34.8. The monoisotopic (exact) mass is 290 g/mol. The van der Waals surface area contributed by atoms with Crippen molar-refractivity contribution < 1.29 is 22.4 Å². The molecule has 0 bridgehead atoms. The predicted octanol–water partition coefficient (Wildman–Crippen LogP) is 0.960. The minimum Gasteiger partial charge on any atom is -0.395 e. The van der Waals surface area contributed by atoms with Crippen molar-refractivity contribution in [3.05, 3.63) is 23.8 Å². The fraction of sp³-hybridized carbons (Fsp3) is 0.455. The molecule has 0 saturated carbocycles. The summed E-state index contributed by atoms with van der Waals surface area (Å²) in [6, 6.07) is 5.20. The number of nitrogens with one attached hydrogen (secondary N) is 1. The van der Waals surface area contributed by atoms with Crippen LogP contribution in [-0.4, -0.2) is 37.8 Å². The van der Waals surface area contributed by atoms with Crippen LogP contribution in [0.3, 0.4) is 0 Å². The van der Waals surface area contributed by atoms with Gasteiger partial charge in [0.2, 0.25) is 0 Å². The maximum absolute atomic E-state index is 10.8. The third kappa shape index (κ3) is 4.67. The maximum Gasteiger partial charge on any atom is 0.418 e. The summed E-state index contributed by atoms with van der Waals surface area (Å²) in [5.74, 6) is 0. The van der Waals surface area contributed by atoms with Crippen molar-refractivity contribution >= 4 is 21.8 Å². The molecule has 0 aliphatic carbocycles. The van der Waals surface area contributed by atoms with Crippen molar-refractivity contribution in [2.75, 3.05) is 30.1 Å². The number of hydrogen-bond donors (Lipinski definition) is 3. The summed E-state index contributed by atoms with van der Waals surface area (Å²) in [5.41, 5.74) is 2.02. The molecule has 8 heteroatoms. The van der Waals surface area contributed by atoms with Crippen LogP contribution in [0.1, 0.15) is 12.5 Å². The van der Waals surface area contributed by atoms with Crippen molar-refractivity contribution in [3.63, 3.8) is 0 Å². The molecule has 0 aliphatic rings. The highest BCUT2D eigenvalue weighted by Crippen LogP contribution is 2.27. The number of nitrogens with zero attached hydrogens (tertiary/aromatic N) is 1. The Bertz CT molecular complexity index is 518. The lowest BCUT2D eigenvalue weighted by molar-refractivity contribution is 0.245. The number of aliphatic hydroxyl groups excluding tert-OH is 1. The van der Waals surface area contributed by atoms with E-state index in [9.17, 15) is 8.42 Å². The molecule has 0 unspecified atom stereocenters. The van der Waals surface area contributed by atoms with Crippen LogP contribution in [0, 0.1) is 6.92 Å². The first kappa shape index (κ1) is 15.7. The van der Waals surface area contributed by atoms with E-state index in [0.717, 1.165) is 16.3 Å². The molecule has 0 radical (unpaired) electrons. The standard InChI is InChI=1S/C11H18N2O5S/c1-3-13(18-19(15,16)17)11-6-4-5-10(9(11)2)12-7-8-14/h4-6,12,14H,3,7-8H2,1-2H3,(H,15,16,17). The van der Waals surface area contributed by atoms with E-state index in [0.29, 0.717) is 12.2 Å². The van der Waals surface area contributed by atoms with Gasteiger partial charge in [-0.25, -0.2) is 5.06 Å².